The van der Waals surface area contributed by atoms with E-state index in [9.17, 15) is 14.9 Å². The van der Waals surface area contributed by atoms with Crippen molar-refractivity contribution < 1.29 is 4.92 Å². The van der Waals surface area contributed by atoms with Gasteiger partial charge in [0.2, 0.25) is 0 Å². The Kier molecular flexibility index (Phi) is 3.96. The van der Waals surface area contributed by atoms with Crippen LogP contribution < -0.4 is 10.9 Å². The van der Waals surface area contributed by atoms with Gasteiger partial charge in [-0.05, 0) is 26.0 Å². The Morgan fingerprint density at radius 2 is 1.88 bits per heavy atom. The lowest BCUT2D eigenvalue weighted by Gasteiger charge is -2.26. The third kappa shape index (κ3) is 3.06. The van der Waals surface area contributed by atoms with Crippen molar-refractivity contribution in [2.75, 3.05) is 5.32 Å². The summed E-state index contributed by atoms with van der Waals surface area (Å²) in [5.74, 6) is 0.550. The molecule has 0 amide bonds. The van der Waals surface area contributed by atoms with E-state index >= 15 is 0 Å². The second kappa shape index (κ2) is 5.97. The van der Waals surface area contributed by atoms with Crippen molar-refractivity contribution in [1.29, 1.82) is 0 Å². The highest BCUT2D eigenvalue weighted by molar-refractivity contribution is 5.93. The van der Waals surface area contributed by atoms with E-state index in [1.54, 1.807) is 31.6 Å². The summed E-state index contributed by atoms with van der Waals surface area (Å²) in [6.45, 7) is 3.76. The number of anilines is 1. The van der Waals surface area contributed by atoms with Crippen molar-refractivity contribution in [1.82, 2.24) is 14.5 Å². The number of nitrogens with zero attached hydrogens (tertiary/aromatic N) is 4. The fourth-order valence-electron chi connectivity index (χ4n) is 2.68. The maximum atomic E-state index is 12.3. The Hall–Kier alpha value is -3.29. The number of fused-ring (bicyclic) bond motifs is 1. The van der Waals surface area contributed by atoms with Crippen LogP contribution in [0.25, 0.3) is 10.9 Å². The topological polar surface area (TPSA) is 103 Å². The molecule has 3 aromatic rings. The molecular formula is C17H17N5O3. The molecule has 0 unspecified atom stereocenters. The summed E-state index contributed by atoms with van der Waals surface area (Å²) in [4.78, 5) is 31.4. The Morgan fingerprint density at radius 1 is 1.20 bits per heavy atom. The number of pyridine rings is 1. The number of aromatic nitrogens is 3. The highest BCUT2D eigenvalue weighted by Crippen LogP contribution is 2.30. The first-order valence-electron chi connectivity index (χ1n) is 7.63. The summed E-state index contributed by atoms with van der Waals surface area (Å²) in [6.07, 6.45) is 3.28. The minimum atomic E-state index is -0.675. The van der Waals surface area contributed by atoms with Gasteiger partial charge < -0.3 is 9.88 Å². The fourth-order valence-corrected chi connectivity index (χ4v) is 2.68. The van der Waals surface area contributed by atoms with E-state index in [2.05, 4.69) is 15.3 Å². The van der Waals surface area contributed by atoms with Crippen molar-refractivity contribution >= 4 is 22.3 Å². The predicted molar refractivity (Wildman–Crippen MR) is 94.5 cm³/mol. The quantitative estimate of drug-likeness (QED) is 0.579. The van der Waals surface area contributed by atoms with Crippen LogP contribution in [0.1, 0.15) is 19.7 Å². The summed E-state index contributed by atoms with van der Waals surface area (Å²) in [7, 11) is 1.63. The highest BCUT2D eigenvalue weighted by Gasteiger charge is 2.25. The molecular weight excluding hydrogens is 322 g/mol. The average Bonchev–Trinajstić information content (AvgIpc) is 2.59. The van der Waals surface area contributed by atoms with Crippen LogP contribution in [0, 0.1) is 10.1 Å². The van der Waals surface area contributed by atoms with Crippen LogP contribution in [-0.2, 0) is 12.6 Å². The van der Waals surface area contributed by atoms with Crippen LogP contribution in [0.2, 0.25) is 0 Å². The molecule has 2 aromatic heterocycles. The molecule has 0 bridgehead atoms. The minimum Gasteiger partial charge on any atom is -0.372 e. The molecule has 0 spiro atoms. The molecule has 1 N–H and O–H groups in total. The van der Waals surface area contributed by atoms with Gasteiger partial charge in [-0.25, -0.2) is 9.97 Å². The van der Waals surface area contributed by atoms with E-state index in [0.717, 1.165) is 0 Å². The van der Waals surface area contributed by atoms with Gasteiger partial charge in [-0.1, -0.05) is 0 Å². The van der Waals surface area contributed by atoms with Gasteiger partial charge in [-0.3, -0.25) is 14.9 Å². The van der Waals surface area contributed by atoms with E-state index in [-0.39, 0.29) is 11.2 Å². The second-order valence-corrected chi connectivity index (χ2v) is 6.24. The summed E-state index contributed by atoms with van der Waals surface area (Å²) < 4.78 is 1.45. The van der Waals surface area contributed by atoms with Gasteiger partial charge in [-0.2, -0.15) is 0 Å². The maximum absolute atomic E-state index is 12.3. The number of aryl methyl sites for hydroxylation is 1. The third-order valence-electron chi connectivity index (χ3n) is 4.01. The first-order valence-corrected chi connectivity index (χ1v) is 7.63. The molecule has 0 saturated carbocycles. The minimum absolute atomic E-state index is 0.0389. The maximum Gasteiger partial charge on any atom is 0.270 e. The van der Waals surface area contributed by atoms with Crippen molar-refractivity contribution in [3.63, 3.8) is 0 Å². The molecule has 8 nitrogen and oxygen atoms in total. The van der Waals surface area contributed by atoms with Gasteiger partial charge in [0.25, 0.3) is 11.2 Å². The molecule has 0 aliphatic rings. The van der Waals surface area contributed by atoms with E-state index in [1.165, 1.54) is 22.8 Å². The van der Waals surface area contributed by atoms with Gasteiger partial charge in [0.15, 0.2) is 5.82 Å². The first-order chi connectivity index (χ1) is 11.8. The lowest BCUT2D eigenvalue weighted by Crippen LogP contribution is -2.31. The molecule has 128 valence electrons. The van der Waals surface area contributed by atoms with Crippen LogP contribution in [0.3, 0.4) is 0 Å². The summed E-state index contributed by atoms with van der Waals surface area (Å²) in [6, 6.07) is 7.56. The number of hydrogen-bond donors (Lipinski definition) is 1. The van der Waals surface area contributed by atoms with Gasteiger partial charge in [0.1, 0.15) is 0 Å². The molecule has 0 saturated heterocycles. The Balaban J connectivity index is 2.18. The number of nitro benzene ring substituents is 1. The third-order valence-corrected chi connectivity index (χ3v) is 4.01. The molecule has 8 heteroatoms. The molecule has 3 rings (SSSR count). The van der Waals surface area contributed by atoms with Gasteiger partial charge in [0.05, 0.1) is 21.7 Å². The molecule has 0 fully saturated rings. The van der Waals surface area contributed by atoms with E-state index in [1.807, 2.05) is 13.8 Å². The molecule has 2 heterocycles. The van der Waals surface area contributed by atoms with Crippen molar-refractivity contribution in [2.24, 2.45) is 7.05 Å². The number of nitrogens with one attached hydrogen (secondary N) is 1. The lowest BCUT2D eigenvalue weighted by atomic mass is 10.0. The summed E-state index contributed by atoms with van der Waals surface area (Å²) in [5, 5.41) is 14.9. The number of nitro groups is 1. The SMILES string of the molecule is Cn1c(=O)cc(NC(C)(C)c2ncccn2)c2cc([N+](=O)[O-])ccc21. The zero-order valence-corrected chi connectivity index (χ0v) is 14.1. The average molecular weight is 339 g/mol. The van der Waals surface area contributed by atoms with Crippen molar-refractivity contribution in [2.45, 2.75) is 19.4 Å². The van der Waals surface area contributed by atoms with Crippen LogP contribution in [0.15, 0.2) is 47.5 Å². The molecule has 0 aliphatic carbocycles. The van der Waals surface area contributed by atoms with Gasteiger partial charge in [0, 0.05) is 43.0 Å². The summed E-state index contributed by atoms with van der Waals surface area (Å²) >= 11 is 0. The monoisotopic (exact) mass is 339 g/mol. The van der Waals surface area contributed by atoms with E-state index < -0.39 is 10.5 Å². The first kappa shape index (κ1) is 16.6. The predicted octanol–water partition coefficient (Wildman–Crippen LogP) is 2.58. The smallest absolute Gasteiger partial charge is 0.270 e. The Labute approximate surface area is 143 Å². The zero-order valence-electron chi connectivity index (χ0n) is 14.1. The number of rotatable bonds is 4. The van der Waals surface area contributed by atoms with Gasteiger partial charge in [-0.15, -0.1) is 0 Å². The van der Waals surface area contributed by atoms with Gasteiger partial charge >= 0.3 is 0 Å². The number of non-ortho nitro benzene ring substituents is 1. The number of benzene rings is 1. The fraction of sp³-hybridized carbons (Fsp3) is 0.235. The highest BCUT2D eigenvalue weighted by atomic mass is 16.6. The summed E-state index contributed by atoms with van der Waals surface area (Å²) in [5.41, 5.74) is 0.173. The van der Waals surface area contributed by atoms with Crippen LogP contribution in [0.4, 0.5) is 11.4 Å². The van der Waals surface area contributed by atoms with Crippen LogP contribution in [0.5, 0.6) is 0 Å². The zero-order chi connectivity index (χ0) is 18.2. The van der Waals surface area contributed by atoms with Crippen molar-refractivity contribution in [3.05, 3.63) is 69.0 Å². The van der Waals surface area contributed by atoms with E-state index in [4.69, 9.17) is 0 Å². The molecule has 0 radical (unpaired) electrons. The number of hydrogen-bond acceptors (Lipinski definition) is 6. The molecule has 0 aliphatic heterocycles. The molecule has 1 aromatic carbocycles. The van der Waals surface area contributed by atoms with E-state index in [0.29, 0.717) is 22.4 Å². The normalized spacial score (nSPS) is 11.5. The standard InChI is InChI=1S/C17H17N5O3/c1-17(2,16-18-7-4-8-19-16)20-13-10-15(23)21(3)14-6-5-11(22(24)25)9-12(13)14/h4-10,20H,1-3H3. The van der Waals surface area contributed by atoms with Crippen LogP contribution in [-0.4, -0.2) is 19.5 Å². The lowest BCUT2D eigenvalue weighted by molar-refractivity contribution is -0.384. The second-order valence-electron chi connectivity index (χ2n) is 6.24. The van der Waals surface area contributed by atoms with Crippen molar-refractivity contribution in [3.8, 4) is 0 Å². The molecule has 0 atom stereocenters. The Bertz CT molecular complexity index is 1010. The molecule has 25 heavy (non-hydrogen) atoms. The largest absolute Gasteiger partial charge is 0.372 e. The van der Waals surface area contributed by atoms with Crippen LogP contribution >= 0.6 is 0 Å². The Morgan fingerprint density at radius 3 is 2.52 bits per heavy atom.